The molecule has 0 bridgehead atoms. The highest BCUT2D eigenvalue weighted by molar-refractivity contribution is 8.00. The predicted octanol–water partition coefficient (Wildman–Crippen LogP) is 5.84. The van der Waals surface area contributed by atoms with Crippen LogP contribution in [0.2, 0.25) is 0 Å². The summed E-state index contributed by atoms with van der Waals surface area (Å²) in [6, 6.07) is 14.6. The number of aryl methyl sites for hydroxylation is 1. The molecule has 10 heteroatoms. The minimum absolute atomic E-state index is 0.0149. The van der Waals surface area contributed by atoms with Crippen LogP contribution >= 0.6 is 11.8 Å². The number of aromatic nitrogens is 2. The van der Waals surface area contributed by atoms with E-state index in [4.69, 9.17) is 9.52 Å². The molecule has 0 aliphatic carbocycles. The van der Waals surface area contributed by atoms with E-state index in [1.54, 1.807) is 16.8 Å². The van der Waals surface area contributed by atoms with Crippen molar-refractivity contribution in [3.8, 4) is 5.69 Å². The van der Waals surface area contributed by atoms with Crippen molar-refractivity contribution < 1.29 is 22.8 Å². The number of nitrogens with one attached hydrogen (secondary N) is 1. The third kappa shape index (κ3) is 5.54. The monoisotopic (exact) mass is 564 g/mol. The van der Waals surface area contributed by atoms with Crippen LogP contribution in [-0.2, 0) is 21.5 Å². The Morgan fingerprint density at radius 1 is 1.15 bits per heavy atom. The fraction of sp³-hybridized carbons (Fsp3) is 0.300. The minimum atomic E-state index is -0.705. The molecule has 0 saturated heterocycles. The third-order valence-electron chi connectivity index (χ3n) is 6.63. The number of thioether (sulfide) groups is 1. The fourth-order valence-corrected chi connectivity index (χ4v) is 5.99. The van der Waals surface area contributed by atoms with Crippen molar-refractivity contribution >= 4 is 29.4 Å². The van der Waals surface area contributed by atoms with E-state index < -0.39 is 22.3 Å². The van der Waals surface area contributed by atoms with Crippen LogP contribution in [0.5, 0.6) is 0 Å². The first-order valence-corrected chi connectivity index (χ1v) is 13.9. The van der Waals surface area contributed by atoms with Gasteiger partial charge in [-0.05, 0) is 42.8 Å². The van der Waals surface area contributed by atoms with E-state index >= 15 is 4.39 Å². The van der Waals surface area contributed by atoms with Gasteiger partial charge in [0.2, 0.25) is 11.8 Å². The standard InChI is InChI=1S/C30H30F2N4O3S/c1-18-7-5-8-20(13-18)36-29-26(28(34-36)30(2,3)4)27(22-11-10-19(31)14-23(22)32)40-17-25(38)35(29)16-24(37)33-15-21-9-6-12-39-21/h5-14,27H,15-17H2,1-4H3,(H,33,37). The maximum Gasteiger partial charge on any atom is 0.240 e. The van der Waals surface area contributed by atoms with Crippen LogP contribution in [-0.4, -0.2) is 33.9 Å². The van der Waals surface area contributed by atoms with Crippen LogP contribution in [0.25, 0.3) is 5.69 Å². The highest BCUT2D eigenvalue weighted by Gasteiger charge is 2.40. The molecule has 1 aliphatic rings. The van der Waals surface area contributed by atoms with Gasteiger partial charge in [0.25, 0.3) is 0 Å². The number of halogens is 2. The number of fused-ring (bicyclic) bond motifs is 1. The van der Waals surface area contributed by atoms with E-state index in [9.17, 15) is 14.0 Å². The zero-order valence-corrected chi connectivity index (χ0v) is 23.5. The van der Waals surface area contributed by atoms with Crippen molar-refractivity contribution in [3.63, 3.8) is 0 Å². The van der Waals surface area contributed by atoms with Crippen LogP contribution in [0.1, 0.15) is 54.2 Å². The molecule has 2 aromatic carbocycles. The van der Waals surface area contributed by atoms with Crippen LogP contribution in [0.15, 0.2) is 65.3 Å². The molecule has 40 heavy (non-hydrogen) atoms. The molecule has 2 amide bonds. The summed E-state index contributed by atoms with van der Waals surface area (Å²) < 4.78 is 36.1. The van der Waals surface area contributed by atoms with E-state index in [1.165, 1.54) is 35.1 Å². The number of anilines is 1. The average Bonchev–Trinajstić information content (AvgIpc) is 3.53. The van der Waals surface area contributed by atoms with Gasteiger partial charge in [-0.15, -0.1) is 11.8 Å². The average molecular weight is 565 g/mol. The van der Waals surface area contributed by atoms with E-state index in [2.05, 4.69) is 5.32 Å². The van der Waals surface area contributed by atoms with Gasteiger partial charge in [0.1, 0.15) is 29.8 Å². The Balaban J connectivity index is 1.69. The summed E-state index contributed by atoms with van der Waals surface area (Å²) in [5, 5.41) is 7.12. The second-order valence-electron chi connectivity index (χ2n) is 10.8. The highest BCUT2D eigenvalue weighted by atomic mass is 32.2. The van der Waals surface area contributed by atoms with E-state index in [1.807, 2.05) is 52.0 Å². The molecular weight excluding hydrogens is 534 g/mol. The number of carbonyl (C=O) groups excluding carboxylic acids is 2. The molecule has 1 aliphatic heterocycles. The Hall–Kier alpha value is -3.92. The second-order valence-corrected chi connectivity index (χ2v) is 11.9. The van der Waals surface area contributed by atoms with E-state index in [0.29, 0.717) is 28.5 Å². The Morgan fingerprint density at radius 3 is 2.62 bits per heavy atom. The normalized spacial score (nSPS) is 15.6. The molecule has 0 saturated carbocycles. The minimum Gasteiger partial charge on any atom is -0.467 e. The van der Waals surface area contributed by atoms with Gasteiger partial charge in [0.15, 0.2) is 0 Å². The molecule has 0 spiro atoms. The van der Waals surface area contributed by atoms with Crippen molar-refractivity contribution in [2.24, 2.45) is 0 Å². The van der Waals surface area contributed by atoms with Crippen molar-refractivity contribution in [1.29, 1.82) is 0 Å². The van der Waals surface area contributed by atoms with Gasteiger partial charge in [0, 0.05) is 22.6 Å². The van der Waals surface area contributed by atoms with Crippen molar-refractivity contribution in [3.05, 3.63) is 101 Å². The van der Waals surface area contributed by atoms with Crippen molar-refractivity contribution in [1.82, 2.24) is 15.1 Å². The molecular formula is C30H30F2N4O3S. The second kappa shape index (κ2) is 10.9. The van der Waals surface area contributed by atoms with Crippen LogP contribution in [0.4, 0.5) is 14.6 Å². The third-order valence-corrected chi connectivity index (χ3v) is 7.87. The smallest absolute Gasteiger partial charge is 0.240 e. The maximum absolute atomic E-state index is 15.3. The molecule has 3 heterocycles. The van der Waals surface area contributed by atoms with E-state index in [0.717, 1.165) is 11.6 Å². The number of benzene rings is 2. The lowest BCUT2D eigenvalue weighted by Crippen LogP contribution is -2.42. The van der Waals surface area contributed by atoms with E-state index in [-0.39, 0.29) is 36.2 Å². The largest absolute Gasteiger partial charge is 0.467 e. The van der Waals surface area contributed by atoms with Crippen molar-refractivity contribution in [2.45, 2.75) is 44.9 Å². The molecule has 1 N–H and O–H groups in total. The summed E-state index contributed by atoms with van der Waals surface area (Å²) in [6.45, 7) is 7.83. The molecule has 7 nitrogen and oxygen atoms in total. The van der Waals surface area contributed by atoms with Gasteiger partial charge in [-0.2, -0.15) is 5.10 Å². The lowest BCUT2D eigenvalue weighted by atomic mass is 9.87. The Kier molecular flexibility index (Phi) is 7.55. The zero-order valence-electron chi connectivity index (χ0n) is 22.7. The first-order valence-electron chi connectivity index (χ1n) is 12.9. The topological polar surface area (TPSA) is 80.4 Å². The quantitative estimate of drug-likeness (QED) is 0.319. The number of amides is 2. The number of carbonyl (C=O) groups is 2. The highest BCUT2D eigenvalue weighted by Crippen LogP contribution is 2.49. The SMILES string of the molecule is Cc1cccc(-n2nc(C(C)(C)C)c3c2N(CC(=O)NCc2ccco2)C(=O)CSC3c2ccc(F)cc2F)c1. The van der Waals surface area contributed by atoms with Crippen LogP contribution in [0.3, 0.4) is 0 Å². The summed E-state index contributed by atoms with van der Waals surface area (Å²) in [5.41, 5.74) is 2.70. The summed E-state index contributed by atoms with van der Waals surface area (Å²) in [6.07, 6.45) is 1.52. The summed E-state index contributed by atoms with van der Waals surface area (Å²) in [7, 11) is 0. The van der Waals surface area contributed by atoms with Gasteiger partial charge in [0.05, 0.1) is 35.2 Å². The Labute approximate surface area is 235 Å². The van der Waals surface area contributed by atoms with Crippen LogP contribution in [0, 0.1) is 18.6 Å². The maximum atomic E-state index is 15.3. The van der Waals surface area contributed by atoms with Crippen molar-refractivity contribution in [2.75, 3.05) is 17.2 Å². The lowest BCUT2D eigenvalue weighted by molar-refractivity contribution is -0.123. The number of rotatable bonds is 6. The zero-order chi connectivity index (χ0) is 28.6. The number of nitrogens with zero attached hydrogens (tertiary/aromatic N) is 3. The molecule has 0 fully saturated rings. The number of hydrogen-bond acceptors (Lipinski definition) is 5. The molecule has 5 rings (SSSR count). The summed E-state index contributed by atoms with van der Waals surface area (Å²) >= 11 is 1.24. The summed E-state index contributed by atoms with van der Waals surface area (Å²) in [5.74, 6) is -1.13. The van der Waals surface area contributed by atoms with Gasteiger partial charge in [-0.25, -0.2) is 13.5 Å². The summed E-state index contributed by atoms with van der Waals surface area (Å²) in [4.78, 5) is 28.2. The number of hydrogen-bond donors (Lipinski definition) is 1. The van der Waals surface area contributed by atoms with Gasteiger partial charge >= 0.3 is 0 Å². The molecule has 2 aromatic heterocycles. The van der Waals surface area contributed by atoms with Gasteiger partial charge in [-0.1, -0.05) is 39.0 Å². The first kappa shape index (κ1) is 27.6. The molecule has 4 aromatic rings. The van der Waals surface area contributed by atoms with Gasteiger partial charge in [-0.3, -0.25) is 14.5 Å². The predicted molar refractivity (Wildman–Crippen MR) is 151 cm³/mol. The fourth-order valence-electron chi connectivity index (χ4n) is 4.77. The Morgan fingerprint density at radius 2 is 1.95 bits per heavy atom. The molecule has 0 radical (unpaired) electrons. The lowest BCUT2D eigenvalue weighted by Gasteiger charge is -2.24. The molecule has 1 atom stereocenters. The Bertz CT molecular complexity index is 1560. The first-order chi connectivity index (χ1) is 19.0. The van der Waals surface area contributed by atoms with Crippen LogP contribution < -0.4 is 10.2 Å². The molecule has 208 valence electrons. The molecule has 1 unspecified atom stereocenters. The number of furan rings is 1. The van der Waals surface area contributed by atoms with Gasteiger partial charge < -0.3 is 9.73 Å².